The standard InChI is InChI=1S/C14H14N4O4S/c1-14(2,3)13-18-8-6(4-15)17-9(10(21)11(8)23-13)12(22)16-5-7(19)20/h21H,5H2,1-3H3,(H,16,22)(H,19,20). The van der Waals surface area contributed by atoms with Gasteiger partial charge in [0.05, 0.1) is 5.01 Å². The third-order valence-corrected chi connectivity index (χ3v) is 4.37. The molecule has 3 N–H and O–H groups in total. The Hall–Kier alpha value is -2.73. The molecule has 2 heterocycles. The molecule has 0 aliphatic heterocycles. The van der Waals surface area contributed by atoms with Crippen LogP contribution in [-0.2, 0) is 10.2 Å². The first-order valence-corrected chi connectivity index (χ1v) is 7.41. The second-order valence-corrected chi connectivity index (χ2v) is 6.79. The molecule has 8 nitrogen and oxygen atoms in total. The number of nitrogens with one attached hydrogen (secondary N) is 1. The zero-order chi connectivity index (χ0) is 17.4. The number of amides is 1. The van der Waals surface area contributed by atoms with Gasteiger partial charge < -0.3 is 15.5 Å². The molecule has 0 saturated heterocycles. The summed E-state index contributed by atoms with van der Waals surface area (Å²) in [6, 6.07) is 1.85. The molecule has 0 radical (unpaired) electrons. The van der Waals surface area contributed by atoms with E-state index in [1.807, 2.05) is 26.8 Å². The predicted octanol–water partition coefficient (Wildman–Crippen LogP) is 1.38. The molecule has 0 saturated carbocycles. The van der Waals surface area contributed by atoms with Crippen molar-refractivity contribution in [1.82, 2.24) is 15.3 Å². The van der Waals surface area contributed by atoms with Crippen molar-refractivity contribution in [3.63, 3.8) is 0 Å². The predicted molar refractivity (Wildman–Crippen MR) is 82.5 cm³/mol. The maximum atomic E-state index is 12.0. The Kier molecular flexibility index (Phi) is 4.20. The van der Waals surface area contributed by atoms with Crippen LogP contribution in [0, 0.1) is 11.3 Å². The van der Waals surface area contributed by atoms with Crippen LogP contribution >= 0.6 is 11.3 Å². The Balaban J connectivity index is 2.61. The van der Waals surface area contributed by atoms with Gasteiger partial charge in [-0.15, -0.1) is 11.3 Å². The number of thiazole rings is 1. The Labute approximate surface area is 135 Å². The quantitative estimate of drug-likeness (QED) is 0.771. The fraction of sp³-hybridized carbons (Fsp3) is 0.357. The van der Waals surface area contributed by atoms with E-state index in [4.69, 9.17) is 5.11 Å². The van der Waals surface area contributed by atoms with Crippen LogP contribution in [-0.4, -0.2) is 38.6 Å². The van der Waals surface area contributed by atoms with Crippen molar-refractivity contribution in [2.75, 3.05) is 6.54 Å². The third kappa shape index (κ3) is 3.22. The maximum Gasteiger partial charge on any atom is 0.322 e. The summed E-state index contributed by atoms with van der Waals surface area (Å²) in [6.07, 6.45) is 0. The molecule has 0 atom stereocenters. The van der Waals surface area contributed by atoms with Crippen LogP contribution < -0.4 is 5.32 Å². The minimum Gasteiger partial charge on any atom is -0.504 e. The van der Waals surface area contributed by atoms with Crippen molar-refractivity contribution in [2.24, 2.45) is 0 Å². The summed E-state index contributed by atoms with van der Waals surface area (Å²) in [5.74, 6) is -2.50. The fourth-order valence-corrected chi connectivity index (χ4v) is 2.83. The van der Waals surface area contributed by atoms with Crippen molar-refractivity contribution in [3.8, 4) is 11.8 Å². The molecule has 1 amide bonds. The number of nitrogens with zero attached hydrogens (tertiary/aromatic N) is 3. The van der Waals surface area contributed by atoms with Gasteiger partial charge in [-0.1, -0.05) is 20.8 Å². The van der Waals surface area contributed by atoms with E-state index in [-0.39, 0.29) is 27.0 Å². The van der Waals surface area contributed by atoms with E-state index in [1.165, 1.54) is 11.3 Å². The van der Waals surface area contributed by atoms with E-state index in [0.717, 1.165) is 0 Å². The molecule has 0 aliphatic carbocycles. The highest BCUT2D eigenvalue weighted by molar-refractivity contribution is 7.19. The lowest BCUT2D eigenvalue weighted by molar-refractivity contribution is -0.135. The first-order chi connectivity index (χ1) is 10.6. The lowest BCUT2D eigenvalue weighted by atomic mass is 9.98. The molecule has 0 aliphatic rings. The molecule has 2 aromatic heterocycles. The van der Waals surface area contributed by atoms with E-state index >= 15 is 0 Å². The molecule has 0 unspecified atom stereocenters. The number of carboxylic acids is 1. The molecule has 9 heteroatoms. The Morgan fingerprint density at radius 1 is 1.35 bits per heavy atom. The largest absolute Gasteiger partial charge is 0.504 e. The van der Waals surface area contributed by atoms with Crippen LogP contribution in [0.25, 0.3) is 10.2 Å². The molecule has 0 bridgehead atoms. The molecule has 2 aromatic rings. The van der Waals surface area contributed by atoms with Gasteiger partial charge in [0, 0.05) is 5.41 Å². The van der Waals surface area contributed by atoms with Crippen LogP contribution in [0.1, 0.15) is 42.0 Å². The van der Waals surface area contributed by atoms with Crippen molar-refractivity contribution in [2.45, 2.75) is 26.2 Å². The Bertz CT molecular complexity index is 845. The van der Waals surface area contributed by atoms with Gasteiger partial charge in [-0.05, 0) is 0 Å². The molecule has 0 aromatic carbocycles. The average Bonchev–Trinajstić information content (AvgIpc) is 2.91. The SMILES string of the molecule is CC(C)(C)c1nc2c(C#N)nc(C(=O)NCC(=O)O)c(O)c2s1. The highest BCUT2D eigenvalue weighted by Crippen LogP contribution is 2.38. The smallest absolute Gasteiger partial charge is 0.322 e. The summed E-state index contributed by atoms with van der Waals surface area (Å²) < 4.78 is 0.280. The summed E-state index contributed by atoms with van der Waals surface area (Å²) in [5, 5.41) is 30.9. The van der Waals surface area contributed by atoms with Gasteiger partial charge >= 0.3 is 5.97 Å². The number of aliphatic carboxylic acids is 1. The zero-order valence-corrected chi connectivity index (χ0v) is 13.5. The molecule has 2 rings (SSSR count). The molecule has 0 spiro atoms. The van der Waals surface area contributed by atoms with E-state index in [1.54, 1.807) is 0 Å². The van der Waals surface area contributed by atoms with Gasteiger partial charge in [-0.2, -0.15) is 5.26 Å². The highest BCUT2D eigenvalue weighted by atomic mass is 32.1. The van der Waals surface area contributed by atoms with Gasteiger partial charge in [0.1, 0.15) is 22.8 Å². The third-order valence-electron chi connectivity index (χ3n) is 2.88. The average molecular weight is 334 g/mol. The summed E-state index contributed by atoms with van der Waals surface area (Å²) >= 11 is 1.17. The Morgan fingerprint density at radius 3 is 2.52 bits per heavy atom. The van der Waals surface area contributed by atoms with E-state index < -0.39 is 24.2 Å². The lowest BCUT2D eigenvalue weighted by Gasteiger charge is -2.13. The van der Waals surface area contributed by atoms with Crippen LogP contribution in [0.3, 0.4) is 0 Å². The number of fused-ring (bicyclic) bond motifs is 1. The first kappa shape index (κ1) is 16.6. The van der Waals surface area contributed by atoms with Gasteiger partial charge in [-0.25, -0.2) is 9.97 Å². The second kappa shape index (κ2) is 5.81. The number of pyridine rings is 1. The van der Waals surface area contributed by atoms with Gasteiger partial charge in [-0.3, -0.25) is 9.59 Å². The molecular formula is C14H14N4O4S. The summed E-state index contributed by atoms with van der Waals surface area (Å²) in [6.45, 7) is 5.18. The number of rotatable bonds is 3. The molecule has 0 fully saturated rings. The number of carbonyl (C=O) groups is 2. The summed E-state index contributed by atoms with van der Waals surface area (Å²) in [4.78, 5) is 30.6. The number of carboxylic acid groups (broad SMARTS) is 1. The maximum absolute atomic E-state index is 12.0. The van der Waals surface area contributed by atoms with Gasteiger partial charge in [0.2, 0.25) is 0 Å². The van der Waals surface area contributed by atoms with E-state index in [2.05, 4.69) is 15.3 Å². The number of carbonyl (C=O) groups excluding carboxylic acids is 1. The summed E-state index contributed by atoms with van der Waals surface area (Å²) in [7, 11) is 0. The summed E-state index contributed by atoms with van der Waals surface area (Å²) in [5.41, 5.74) is -0.548. The van der Waals surface area contributed by atoms with Crippen molar-refractivity contribution >= 4 is 33.4 Å². The molecular weight excluding hydrogens is 320 g/mol. The minimum absolute atomic E-state index is 0.0926. The van der Waals surface area contributed by atoms with E-state index in [0.29, 0.717) is 5.01 Å². The first-order valence-electron chi connectivity index (χ1n) is 6.59. The number of aromatic nitrogens is 2. The monoisotopic (exact) mass is 334 g/mol. The van der Waals surface area contributed by atoms with Gasteiger partial charge in [0.15, 0.2) is 17.1 Å². The van der Waals surface area contributed by atoms with Crippen LogP contribution in [0.4, 0.5) is 0 Å². The number of nitriles is 1. The number of hydrogen-bond acceptors (Lipinski definition) is 7. The fourth-order valence-electron chi connectivity index (χ4n) is 1.76. The normalized spacial score (nSPS) is 11.2. The number of aromatic hydroxyl groups is 1. The topological polar surface area (TPSA) is 136 Å². The number of hydrogen-bond donors (Lipinski definition) is 3. The highest BCUT2D eigenvalue weighted by Gasteiger charge is 2.26. The van der Waals surface area contributed by atoms with Crippen LogP contribution in [0.2, 0.25) is 0 Å². The van der Waals surface area contributed by atoms with Crippen molar-refractivity contribution < 1.29 is 19.8 Å². The lowest BCUT2D eigenvalue weighted by Crippen LogP contribution is -2.30. The Morgan fingerprint density at radius 2 is 2.00 bits per heavy atom. The van der Waals surface area contributed by atoms with Crippen LogP contribution in [0.15, 0.2) is 0 Å². The van der Waals surface area contributed by atoms with Crippen LogP contribution in [0.5, 0.6) is 5.75 Å². The zero-order valence-electron chi connectivity index (χ0n) is 12.7. The van der Waals surface area contributed by atoms with Crippen molar-refractivity contribution in [3.05, 3.63) is 16.4 Å². The van der Waals surface area contributed by atoms with E-state index in [9.17, 15) is 20.0 Å². The molecule has 120 valence electrons. The molecule has 23 heavy (non-hydrogen) atoms. The second-order valence-electron chi connectivity index (χ2n) is 5.79. The van der Waals surface area contributed by atoms with Gasteiger partial charge in [0.25, 0.3) is 5.91 Å². The minimum atomic E-state index is -1.23. The van der Waals surface area contributed by atoms with Crippen molar-refractivity contribution in [1.29, 1.82) is 5.26 Å².